The van der Waals surface area contributed by atoms with Crippen LogP contribution >= 0.6 is 11.3 Å². The molecule has 0 aliphatic heterocycles. The van der Waals surface area contributed by atoms with Crippen molar-refractivity contribution in [3.63, 3.8) is 0 Å². The lowest BCUT2D eigenvalue weighted by atomic mass is 9.98. The first kappa shape index (κ1) is 25.1. The third-order valence-corrected chi connectivity index (χ3v) is 11.2. The Bertz CT molecular complexity index is 3520. The molecule has 0 fully saturated rings. The fourth-order valence-electron chi connectivity index (χ4n) is 7.57. The number of benzene rings is 8. The Morgan fingerprint density at radius 2 is 1.11 bits per heavy atom. The van der Waals surface area contributed by atoms with Crippen LogP contribution in [0.4, 0.5) is 0 Å². The molecule has 11 rings (SSSR count). The first-order valence-corrected chi connectivity index (χ1v) is 18.4. The van der Waals surface area contributed by atoms with E-state index in [-0.39, 0.29) is 41.6 Å². The van der Waals surface area contributed by atoms with E-state index in [0.717, 1.165) is 49.4 Å². The fraction of sp³-hybridized carbons (Fsp3) is 0. The van der Waals surface area contributed by atoms with Crippen molar-refractivity contribution < 1.29 is 8.22 Å². The Morgan fingerprint density at radius 1 is 0.444 bits per heavy atom. The Morgan fingerprint density at radius 3 is 1.93 bits per heavy atom. The molecule has 0 saturated heterocycles. The highest BCUT2D eigenvalue weighted by Gasteiger charge is 2.21. The number of hydrogen-bond acceptors (Lipinski definition) is 4. The summed E-state index contributed by atoms with van der Waals surface area (Å²) in [7, 11) is 0. The highest BCUT2D eigenvalue weighted by molar-refractivity contribution is 7.26. The van der Waals surface area contributed by atoms with Gasteiger partial charge in [0.25, 0.3) is 0 Å². The summed E-state index contributed by atoms with van der Waals surface area (Å²) in [6, 6.07) is 46.7. The molecule has 252 valence electrons. The second kappa shape index (κ2) is 12.3. The van der Waals surface area contributed by atoms with Crippen molar-refractivity contribution in [2.24, 2.45) is 0 Å². The molecular weight excluding hydrogens is 677 g/mol. The number of para-hydroxylation sites is 2. The third kappa shape index (κ3) is 4.86. The molecule has 3 heterocycles. The van der Waals surface area contributed by atoms with Gasteiger partial charge in [0.15, 0.2) is 17.5 Å². The Balaban J connectivity index is 1.27. The van der Waals surface area contributed by atoms with Gasteiger partial charge in [-0.3, -0.25) is 0 Å². The topological polar surface area (TPSA) is 43.6 Å². The molecule has 3 aromatic heterocycles. The number of nitrogens with zero attached hydrogens (tertiary/aromatic N) is 4. The van der Waals surface area contributed by atoms with E-state index in [1.165, 1.54) is 17.4 Å². The van der Waals surface area contributed by atoms with Gasteiger partial charge in [0.2, 0.25) is 0 Å². The Labute approximate surface area is 323 Å². The van der Waals surface area contributed by atoms with Crippen molar-refractivity contribution in [2.45, 2.75) is 0 Å². The molecule has 54 heavy (non-hydrogen) atoms. The minimum atomic E-state index is -0.304. The maximum Gasteiger partial charge on any atom is 0.164 e. The lowest BCUT2D eigenvalue weighted by Crippen LogP contribution is -2.02. The summed E-state index contributed by atoms with van der Waals surface area (Å²) < 4.78 is 57.2. The molecule has 4 nitrogen and oxygen atoms in total. The highest BCUT2D eigenvalue weighted by atomic mass is 32.1. The standard InChI is InChI=1S/C49H30N4S/c1-2-15-32(16-3-1)47-50-48(52-49(51-47)40-24-12-17-31-14-4-5-18-34(31)40)33-28-29-44(53-42-25-9-6-19-35(42)36-20-7-10-26-43(36)53)41(30-33)39-23-13-22-38-37-21-8-11-27-45(37)54-46(38)39/h1-30H/i8D,13D,21D,22D,23D,27D. The van der Waals surface area contributed by atoms with E-state index in [0.29, 0.717) is 48.9 Å². The summed E-state index contributed by atoms with van der Waals surface area (Å²) in [6.45, 7) is 0. The largest absolute Gasteiger partial charge is 0.309 e. The first-order chi connectivity index (χ1) is 29.3. The van der Waals surface area contributed by atoms with Gasteiger partial charge in [0, 0.05) is 58.8 Å². The lowest BCUT2D eigenvalue weighted by molar-refractivity contribution is 1.07. The number of hydrogen-bond donors (Lipinski definition) is 0. The molecule has 0 atom stereocenters. The van der Waals surface area contributed by atoms with Crippen molar-refractivity contribution in [3.8, 4) is 51.0 Å². The van der Waals surface area contributed by atoms with Gasteiger partial charge in [-0.15, -0.1) is 11.3 Å². The number of aromatic nitrogens is 4. The lowest BCUT2D eigenvalue weighted by Gasteiger charge is -2.17. The van der Waals surface area contributed by atoms with Crippen molar-refractivity contribution in [1.29, 1.82) is 0 Å². The number of thiophene rings is 1. The summed E-state index contributed by atoms with van der Waals surface area (Å²) in [5.41, 5.74) is 5.91. The van der Waals surface area contributed by atoms with Gasteiger partial charge in [-0.1, -0.05) is 145 Å². The Hall–Kier alpha value is -6.95. The van der Waals surface area contributed by atoms with Crippen molar-refractivity contribution in [1.82, 2.24) is 19.5 Å². The molecule has 11 aromatic rings. The molecule has 0 unspecified atom stereocenters. The second-order valence-corrected chi connectivity index (χ2v) is 14.1. The van der Waals surface area contributed by atoms with E-state index in [1.807, 2.05) is 97.1 Å². The maximum absolute atomic E-state index is 9.59. The van der Waals surface area contributed by atoms with E-state index >= 15 is 0 Å². The van der Waals surface area contributed by atoms with Crippen LogP contribution in [0.1, 0.15) is 8.22 Å². The average molecular weight is 713 g/mol. The zero-order chi connectivity index (χ0) is 40.8. The molecule has 0 spiro atoms. The van der Waals surface area contributed by atoms with Gasteiger partial charge in [-0.05, 0) is 47.1 Å². The highest BCUT2D eigenvalue weighted by Crippen LogP contribution is 2.44. The minimum absolute atomic E-state index is 0.0616. The summed E-state index contributed by atoms with van der Waals surface area (Å²) in [6.07, 6.45) is 0. The van der Waals surface area contributed by atoms with Crippen LogP contribution in [0, 0.1) is 0 Å². The van der Waals surface area contributed by atoms with Gasteiger partial charge in [-0.25, -0.2) is 15.0 Å². The number of rotatable bonds is 5. The SMILES string of the molecule is [2H]c1cc([2H])c2sc3c(-c4cc(-c5nc(-c6ccccc6)nc(-c6cccc7ccccc67)n5)ccc4-n4c5ccccc5c5ccccc54)c([2H])c([2H])c([2H])c3c2c1[2H]. The average Bonchev–Trinajstić information content (AvgIpc) is 3.85. The number of fused-ring (bicyclic) bond motifs is 7. The maximum atomic E-state index is 9.59. The van der Waals surface area contributed by atoms with E-state index in [1.54, 1.807) is 0 Å². The monoisotopic (exact) mass is 712 g/mol. The predicted molar refractivity (Wildman–Crippen MR) is 226 cm³/mol. The quantitative estimate of drug-likeness (QED) is 0.178. The molecule has 0 N–H and O–H groups in total. The van der Waals surface area contributed by atoms with Crippen LogP contribution < -0.4 is 0 Å². The van der Waals surface area contributed by atoms with Crippen LogP contribution in [0.15, 0.2) is 182 Å². The minimum Gasteiger partial charge on any atom is -0.309 e. The van der Waals surface area contributed by atoms with E-state index in [2.05, 4.69) is 47.0 Å². The van der Waals surface area contributed by atoms with Crippen LogP contribution in [-0.4, -0.2) is 19.5 Å². The van der Waals surface area contributed by atoms with Crippen LogP contribution in [0.5, 0.6) is 0 Å². The zero-order valence-corrected chi connectivity index (χ0v) is 29.4. The van der Waals surface area contributed by atoms with Gasteiger partial charge < -0.3 is 4.57 Å². The van der Waals surface area contributed by atoms with Crippen molar-refractivity contribution in [2.75, 3.05) is 0 Å². The van der Waals surface area contributed by atoms with E-state index in [9.17, 15) is 2.74 Å². The first-order valence-electron chi connectivity index (χ1n) is 20.6. The molecule has 0 aliphatic carbocycles. The second-order valence-electron chi connectivity index (χ2n) is 13.1. The predicted octanol–water partition coefficient (Wildman–Crippen LogP) is 13.2. The molecule has 5 heteroatoms. The molecular formula is C49H30N4S. The summed E-state index contributed by atoms with van der Waals surface area (Å²) in [5.74, 6) is 1.40. The van der Waals surface area contributed by atoms with Crippen LogP contribution in [0.2, 0.25) is 0 Å². The van der Waals surface area contributed by atoms with Gasteiger partial charge in [-0.2, -0.15) is 0 Å². The zero-order valence-electron chi connectivity index (χ0n) is 34.6. The van der Waals surface area contributed by atoms with Gasteiger partial charge in [0.05, 0.1) is 24.9 Å². The summed E-state index contributed by atoms with van der Waals surface area (Å²) in [5, 5.41) is 4.73. The van der Waals surface area contributed by atoms with Crippen molar-refractivity contribution >= 4 is 64.1 Å². The van der Waals surface area contributed by atoms with Gasteiger partial charge >= 0.3 is 0 Å². The summed E-state index contributed by atoms with van der Waals surface area (Å²) in [4.78, 5) is 15.3. The van der Waals surface area contributed by atoms with Crippen LogP contribution in [0.25, 0.3) is 104 Å². The smallest absolute Gasteiger partial charge is 0.164 e. The van der Waals surface area contributed by atoms with E-state index in [4.69, 9.17) is 20.4 Å². The van der Waals surface area contributed by atoms with Crippen molar-refractivity contribution in [3.05, 3.63) is 182 Å². The molecule has 8 aromatic carbocycles. The molecule has 0 bridgehead atoms. The molecule has 0 amide bonds. The molecule has 0 saturated carbocycles. The van der Waals surface area contributed by atoms with E-state index < -0.39 is 0 Å². The van der Waals surface area contributed by atoms with Gasteiger partial charge in [0.1, 0.15) is 0 Å². The normalized spacial score (nSPS) is 13.3. The van der Waals surface area contributed by atoms with Crippen LogP contribution in [0.3, 0.4) is 0 Å². The fourth-order valence-corrected chi connectivity index (χ4v) is 8.67. The van der Waals surface area contributed by atoms with Crippen LogP contribution in [-0.2, 0) is 0 Å². The summed E-state index contributed by atoms with van der Waals surface area (Å²) >= 11 is 1.22. The third-order valence-electron chi connectivity index (χ3n) is 10.0. The Kier molecular flexibility index (Phi) is 5.73. The molecule has 0 radical (unpaired) electrons. The molecule has 0 aliphatic rings.